The molecule has 0 aromatic heterocycles. The topological polar surface area (TPSA) is 0 Å². The van der Waals surface area contributed by atoms with Gasteiger partial charge < -0.3 is 0 Å². The Labute approximate surface area is 162 Å². The molecule has 0 aliphatic rings. The molecule has 0 radical (unpaired) electrons. The van der Waals surface area contributed by atoms with Crippen molar-refractivity contribution in [2.45, 2.75) is 61.1 Å². The van der Waals surface area contributed by atoms with E-state index in [4.69, 9.17) is 0 Å². The van der Waals surface area contributed by atoms with Crippen LogP contribution in [0.25, 0.3) is 0 Å². The maximum absolute atomic E-state index is 13.9. The van der Waals surface area contributed by atoms with E-state index in [9.17, 15) is 74.6 Å². The Morgan fingerprint density at radius 3 is 0.968 bits per heavy atom. The minimum absolute atomic E-state index is 0.0240. The van der Waals surface area contributed by atoms with Crippen LogP contribution in [0.2, 0.25) is 0 Å². The Kier molecular flexibility index (Phi) is 7.10. The molecule has 0 heterocycles. The van der Waals surface area contributed by atoms with Gasteiger partial charge in [0.1, 0.15) is 0 Å². The van der Waals surface area contributed by atoms with Crippen LogP contribution in [0.3, 0.4) is 0 Å². The van der Waals surface area contributed by atoms with E-state index >= 15 is 0 Å². The Morgan fingerprint density at radius 1 is 0.452 bits per heavy atom. The van der Waals surface area contributed by atoms with Crippen LogP contribution in [-0.4, -0.2) is 72.9 Å². The van der Waals surface area contributed by atoms with E-state index in [1.807, 2.05) is 0 Å². The van der Waals surface area contributed by atoms with E-state index in [0.29, 0.717) is 0 Å². The highest BCUT2D eigenvalue weighted by atomic mass is 19.4. The highest BCUT2D eigenvalue weighted by Crippen LogP contribution is 2.64. The molecule has 0 aromatic carbocycles. The number of alkyl halides is 17. The normalized spacial score (nSPS) is 16.6. The monoisotopic (exact) mass is 506 g/mol. The zero-order valence-corrected chi connectivity index (χ0v) is 15.3. The largest absolute Gasteiger partial charge is 0.461 e. The van der Waals surface area contributed by atoms with Gasteiger partial charge in [0.05, 0.1) is 20.6 Å². The lowest BCUT2D eigenvalue weighted by atomic mass is 9.90. The molecule has 0 atom stereocenters. The van der Waals surface area contributed by atoms with E-state index in [2.05, 4.69) is 0 Å². The summed E-state index contributed by atoms with van der Waals surface area (Å²) in [5.74, 6) is -49.6. The van der Waals surface area contributed by atoms with Crippen molar-refractivity contribution < 1.29 is 79.1 Å². The quantitative estimate of drug-likeness (QED) is 0.192. The summed E-state index contributed by atoms with van der Waals surface area (Å²) in [5.41, 5.74) is 0. The second-order valence-corrected chi connectivity index (χ2v) is 6.89. The first-order valence-corrected chi connectivity index (χ1v) is 7.60. The maximum atomic E-state index is 13.9. The fourth-order valence-electron chi connectivity index (χ4n) is 2.24. The summed E-state index contributed by atoms with van der Waals surface area (Å²) in [4.78, 5) is 0. The van der Waals surface area contributed by atoms with Crippen molar-refractivity contribution in [1.82, 2.24) is 0 Å². The molecule has 0 saturated carbocycles. The molecule has 0 spiro atoms. The molecule has 0 fully saturated rings. The predicted octanol–water partition coefficient (Wildman–Crippen LogP) is 6.44. The van der Waals surface area contributed by atoms with E-state index in [0.717, 1.165) is 6.92 Å². The van der Waals surface area contributed by atoms with Crippen molar-refractivity contribution in [2.24, 2.45) is 0 Å². The lowest BCUT2D eigenvalue weighted by Crippen LogP contribution is -2.77. The smallest absolute Gasteiger partial charge is 0.262 e. The number of hydrogen-bond acceptors (Lipinski definition) is 0. The van der Waals surface area contributed by atoms with Gasteiger partial charge >= 0.3 is 47.8 Å². The molecule has 0 rings (SSSR count). The van der Waals surface area contributed by atoms with Gasteiger partial charge in [0.25, 0.3) is 0 Å². The van der Waals surface area contributed by atoms with Gasteiger partial charge in [-0.05, 0) is 6.42 Å². The van der Waals surface area contributed by atoms with E-state index in [1.165, 1.54) is 0 Å². The minimum atomic E-state index is -8.59. The van der Waals surface area contributed by atoms with E-state index in [1.54, 1.807) is 0 Å². The number of hydrogen-bond donors (Lipinski definition) is 0. The van der Waals surface area contributed by atoms with E-state index in [-0.39, 0.29) is 14.1 Å². The molecular weight excluding hydrogens is 493 g/mol. The lowest BCUT2D eigenvalue weighted by Gasteiger charge is -2.45. The van der Waals surface area contributed by atoms with Gasteiger partial charge in [0.2, 0.25) is 0 Å². The van der Waals surface area contributed by atoms with Gasteiger partial charge in [-0.3, -0.25) is 4.48 Å². The van der Waals surface area contributed by atoms with Crippen LogP contribution >= 0.6 is 0 Å². The lowest BCUT2D eigenvalue weighted by molar-refractivity contribution is -0.991. The van der Waals surface area contributed by atoms with Crippen molar-refractivity contribution in [3.05, 3.63) is 0 Å². The fraction of sp³-hybridized carbons (Fsp3) is 1.00. The first-order valence-electron chi connectivity index (χ1n) is 7.60. The third-order valence-electron chi connectivity index (χ3n) is 4.25. The summed E-state index contributed by atoms with van der Waals surface area (Å²) in [6.07, 6.45) is -8.27. The second-order valence-electron chi connectivity index (χ2n) is 6.89. The van der Waals surface area contributed by atoms with Crippen molar-refractivity contribution >= 4 is 0 Å². The van der Waals surface area contributed by atoms with Crippen molar-refractivity contribution in [3.63, 3.8) is 0 Å². The Balaban J connectivity index is 6.84. The molecule has 0 aromatic rings. The van der Waals surface area contributed by atoms with Crippen molar-refractivity contribution in [1.29, 1.82) is 0 Å². The van der Waals surface area contributed by atoms with E-state index < -0.39 is 65.2 Å². The average Bonchev–Trinajstić information content (AvgIpc) is 2.52. The second kappa shape index (κ2) is 7.40. The molecule has 1 nitrogen and oxygen atoms in total. The molecule has 0 saturated heterocycles. The first kappa shape index (κ1) is 29.8. The highest BCUT2D eigenvalue weighted by Gasteiger charge is 2.96. The summed E-state index contributed by atoms with van der Waals surface area (Å²) >= 11 is 0. The predicted molar refractivity (Wildman–Crippen MR) is 68.0 cm³/mol. The van der Waals surface area contributed by atoms with Crippen LogP contribution in [0.1, 0.15) is 13.3 Å². The Bertz CT molecular complexity index is 645. The van der Waals surface area contributed by atoms with Gasteiger partial charge in [-0.25, -0.2) is 0 Å². The Hall–Kier alpha value is -1.23. The van der Waals surface area contributed by atoms with Gasteiger partial charge in [-0.15, -0.1) is 8.78 Å². The summed E-state index contributed by atoms with van der Waals surface area (Å²) in [6, 6.07) is -6.42. The molecule has 31 heavy (non-hydrogen) atoms. The third-order valence-corrected chi connectivity index (χ3v) is 4.25. The highest BCUT2D eigenvalue weighted by molar-refractivity contribution is 5.14. The molecular formula is C13H13F17N+. The van der Waals surface area contributed by atoms with Crippen LogP contribution < -0.4 is 0 Å². The molecule has 0 unspecified atom stereocenters. The van der Waals surface area contributed by atoms with Gasteiger partial charge in [-0.2, -0.15) is 65.9 Å². The number of quaternary nitrogens is 1. The van der Waals surface area contributed by atoms with Gasteiger partial charge in [0, 0.05) is 0 Å². The number of rotatable bonds is 9. The Morgan fingerprint density at radius 2 is 0.710 bits per heavy atom. The number of nitrogens with zero attached hydrogens (tertiary/aromatic N) is 1. The van der Waals surface area contributed by atoms with Crippen molar-refractivity contribution in [2.75, 3.05) is 20.6 Å². The van der Waals surface area contributed by atoms with Crippen LogP contribution in [0.4, 0.5) is 74.6 Å². The zero-order valence-electron chi connectivity index (χ0n) is 15.3. The first-order chi connectivity index (χ1) is 13.1. The molecule has 0 aliphatic heterocycles. The van der Waals surface area contributed by atoms with Crippen LogP contribution in [0.5, 0.6) is 0 Å². The van der Waals surface area contributed by atoms with Crippen LogP contribution in [0, 0.1) is 0 Å². The molecule has 0 bridgehead atoms. The zero-order chi connectivity index (χ0) is 25.9. The van der Waals surface area contributed by atoms with Crippen LogP contribution in [0.15, 0.2) is 0 Å². The van der Waals surface area contributed by atoms with Crippen LogP contribution in [-0.2, 0) is 0 Å². The minimum Gasteiger partial charge on any atom is -0.262 e. The molecule has 18 heteroatoms. The third kappa shape index (κ3) is 3.69. The van der Waals surface area contributed by atoms with Gasteiger partial charge in [0.15, 0.2) is 0 Å². The number of halogens is 17. The summed E-state index contributed by atoms with van der Waals surface area (Å²) < 4.78 is 221. The van der Waals surface area contributed by atoms with Gasteiger partial charge in [-0.1, -0.05) is 6.92 Å². The SMILES string of the molecule is CCC[N+](C)(C)C(F)(F)C(F)(F)C(F)(F)C(F)(F)C(F)(F)C(F)(F)C(F)(F)C(F)(F)F. The summed E-state index contributed by atoms with van der Waals surface area (Å²) in [5, 5.41) is 0. The molecule has 0 amide bonds. The van der Waals surface area contributed by atoms with Crippen molar-refractivity contribution in [3.8, 4) is 0 Å². The maximum Gasteiger partial charge on any atom is 0.461 e. The average molecular weight is 506 g/mol. The summed E-state index contributed by atoms with van der Waals surface area (Å²) in [7, 11) is 0.0480. The fourth-order valence-corrected chi connectivity index (χ4v) is 2.24. The molecule has 0 N–H and O–H groups in total. The standard InChI is InChI=1S/C13H13F17N/c1-4-5-31(2,3)13(29,30)11(24,25)9(20,21)7(16,17)6(14,15)8(18,19)10(22,23)12(26,27)28/h4-5H2,1-3H3/q+1. The molecule has 188 valence electrons. The summed E-state index contributed by atoms with van der Waals surface area (Å²) in [6.45, 7) is -0.210. The molecule has 0 aliphatic carbocycles.